The van der Waals surface area contributed by atoms with Crippen LogP contribution in [0.5, 0.6) is 0 Å². The summed E-state index contributed by atoms with van der Waals surface area (Å²) in [7, 11) is 0. The highest BCUT2D eigenvalue weighted by Gasteiger charge is 2.35. The fourth-order valence-electron chi connectivity index (χ4n) is 4.40. The molecule has 1 atom stereocenters. The van der Waals surface area contributed by atoms with E-state index in [4.69, 9.17) is 11.6 Å². The summed E-state index contributed by atoms with van der Waals surface area (Å²) in [6, 6.07) is 16.9. The van der Waals surface area contributed by atoms with Gasteiger partial charge in [0.25, 0.3) is 0 Å². The third-order valence-corrected chi connectivity index (χ3v) is 7.33. The lowest BCUT2D eigenvalue weighted by molar-refractivity contribution is -0.127. The molecule has 2 aromatic carbocycles. The third kappa shape index (κ3) is 5.57. The molecule has 7 heteroatoms. The average molecular weight is 495 g/mol. The fraction of sp³-hybridized carbons (Fsp3) is 0.296. The van der Waals surface area contributed by atoms with E-state index in [1.165, 1.54) is 23.2 Å². The molecule has 1 aliphatic rings. The number of hydrogen-bond acceptors (Lipinski definition) is 4. The first-order valence-corrected chi connectivity index (χ1v) is 12.7. The van der Waals surface area contributed by atoms with Crippen molar-refractivity contribution in [3.8, 4) is 0 Å². The van der Waals surface area contributed by atoms with Crippen LogP contribution in [-0.4, -0.2) is 23.6 Å². The SMILES string of the molecule is CC(=O)c1cccc(N(C(=O)Cc2cccs2)C(C(=O)NC2CCCC2)c2ccccc2Cl)c1. The van der Waals surface area contributed by atoms with Crippen LogP contribution in [0, 0.1) is 0 Å². The zero-order valence-corrected chi connectivity index (χ0v) is 20.6. The molecule has 1 fully saturated rings. The summed E-state index contributed by atoms with van der Waals surface area (Å²) in [4.78, 5) is 42.0. The van der Waals surface area contributed by atoms with Crippen molar-refractivity contribution in [2.45, 2.75) is 51.1 Å². The molecule has 1 heterocycles. The number of thiophene rings is 1. The van der Waals surface area contributed by atoms with Crippen LogP contribution in [0.4, 0.5) is 5.69 Å². The largest absolute Gasteiger partial charge is 0.351 e. The van der Waals surface area contributed by atoms with E-state index >= 15 is 0 Å². The van der Waals surface area contributed by atoms with Gasteiger partial charge in [-0.1, -0.05) is 60.8 Å². The van der Waals surface area contributed by atoms with E-state index in [9.17, 15) is 14.4 Å². The summed E-state index contributed by atoms with van der Waals surface area (Å²) in [6.45, 7) is 1.48. The maximum atomic E-state index is 13.8. The van der Waals surface area contributed by atoms with Gasteiger partial charge in [0.1, 0.15) is 6.04 Å². The minimum atomic E-state index is -0.969. The molecule has 5 nitrogen and oxygen atoms in total. The first-order valence-electron chi connectivity index (χ1n) is 11.4. The number of carbonyl (C=O) groups excluding carboxylic acids is 3. The Morgan fingerprint density at radius 3 is 2.50 bits per heavy atom. The maximum absolute atomic E-state index is 13.8. The standard InChI is InChI=1S/C27H27ClN2O3S/c1-18(31)19-8-6-11-21(16-19)30(25(32)17-22-12-7-15-34-22)26(23-13-4-5-14-24(23)28)27(33)29-20-9-2-3-10-20/h4-8,11-16,20,26H,2-3,9-10,17H2,1H3,(H,29,33). The average Bonchev–Trinajstić information content (AvgIpc) is 3.52. The molecule has 34 heavy (non-hydrogen) atoms. The number of hydrogen-bond donors (Lipinski definition) is 1. The highest BCUT2D eigenvalue weighted by Crippen LogP contribution is 2.34. The number of ketones is 1. The number of anilines is 1. The molecular weight excluding hydrogens is 468 g/mol. The summed E-state index contributed by atoms with van der Waals surface area (Å²) in [5.74, 6) is -0.625. The van der Waals surface area contributed by atoms with Crippen LogP contribution in [0.3, 0.4) is 0 Å². The van der Waals surface area contributed by atoms with Crippen LogP contribution >= 0.6 is 22.9 Å². The minimum Gasteiger partial charge on any atom is -0.351 e. The van der Waals surface area contributed by atoms with Crippen LogP contribution in [0.2, 0.25) is 5.02 Å². The molecule has 1 N–H and O–H groups in total. The molecular formula is C27H27ClN2O3S. The van der Waals surface area contributed by atoms with Gasteiger partial charge in [0.2, 0.25) is 11.8 Å². The Balaban J connectivity index is 1.81. The van der Waals surface area contributed by atoms with E-state index in [0.717, 1.165) is 30.6 Å². The Hall–Kier alpha value is -2.96. The van der Waals surface area contributed by atoms with Crippen LogP contribution in [-0.2, 0) is 16.0 Å². The van der Waals surface area contributed by atoms with Gasteiger partial charge >= 0.3 is 0 Å². The second-order valence-corrected chi connectivity index (χ2v) is 9.98. The third-order valence-electron chi connectivity index (χ3n) is 6.11. The predicted molar refractivity (Wildman–Crippen MR) is 137 cm³/mol. The number of amides is 2. The molecule has 1 saturated carbocycles. The van der Waals surface area contributed by atoms with Gasteiger partial charge in [0.15, 0.2) is 5.78 Å². The number of halogens is 1. The number of nitrogens with zero attached hydrogens (tertiary/aromatic N) is 1. The van der Waals surface area contributed by atoms with E-state index in [0.29, 0.717) is 21.8 Å². The molecule has 0 bridgehead atoms. The normalized spacial score (nSPS) is 14.5. The topological polar surface area (TPSA) is 66.5 Å². The van der Waals surface area contributed by atoms with Crippen molar-refractivity contribution in [1.82, 2.24) is 5.32 Å². The second kappa shape index (κ2) is 11.0. The lowest BCUT2D eigenvalue weighted by atomic mass is 10.0. The molecule has 1 aromatic heterocycles. The van der Waals surface area contributed by atoms with E-state index in [1.54, 1.807) is 42.5 Å². The number of Topliss-reactive ketones (excluding diaryl/α,β-unsaturated/α-hetero) is 1. The zero-order valence-electron chi connectivity index (χ0n) is 19.0. The number of carbonyl (C=O) groups is 3. The van der Waals surface area contributed by atoms with Gasteiger partial charge < -0.3 is 5.32 Å². The molecule has 1 aliphatic carbocycles. The van der Waals surface area contributed by atoms with E-state index < -0.39 is 6.04 Å². The highest BCUT2D eigenvalue weighted by atomic mass is 35.5. The first-order chi connectivity index (χ1) is 16.4. The molecule has 0 spiro atoms. The zero-order chi connectivity index (χ0) is 24.1. The molecule has 176 valence electrons. The van der Waals surface area contributed by atoms with Gasteiger partial charge in [-0.3, -0.25) is 19.3 Å². The summed E-state index contributed by atoms with van der Waals surface area (Å²) in [6.07, 6.45) is 4.13. The van der Waals surface area contributed by atoms with Crippen molar-refractivity contribution >= 4 is 46.2 Å². The van der Waals surface area contributed by atoms with Crippen molar-refractivity contribution in [2.24, 2.45) is 0 Å². The molecule has 4 rings (SSSR count). The second-order valence-electron chi connectivity index (χ2n) is 8.54. The molecule has 1 unspecified atom stereocenters. The lowest BCUT2D eigenvalue weighted by Crippen LogP contribution is -2.47. The van der Waals surface area contributed by atoms with Crippen molar-refractivity contribution < 1.29 is 14.4 Å². The predicted octanol–water partition coefficient (Wildman–Crippen LogP) is 5.98. The molecule has 0 radical (unpaired) electrons. The first kappa shape index (κ1) is 24.2. The summed E-state index contributed by atoms with van der Waals surface area (Å²) >= 11 is 8.06. The van der Waals surface area contributed by atoms with Crippen LogP contribution in [0.25, 0.3) is 0 Å². The van der Waals surface area contributed by atoms with E-state index in [-0.39, 0.29) is 30.1 Å². The Morgan fingerprint density at radius 2 is 1.82 bits per heavy atom. The summed E-state index contributed by atoms with van der Waals surface area (Å²) < 4.78 is 0. The van der Waals surface area contributed by atoms with E-state index in [2.05, 4.69) is 5.32 Å². The minimum absolute atomic E-state index is 0.0790. The van der Waals surface area contributed by atoms with Crippen LogP contribution < -0.4 is 10.2 Å². The summed E-state index contributed by atoms with van der Waals surface area (Å²) in [5.41, 5.74) is 1.51. The Kier molecular flexibility index (Phi) is 7.80. The van der Waals surface area contributed by atoms with Crippen molar-refractivity contribution in [2.75, 3.05) is 4.90 Å². The summed E-state index contributed by atoms with van der Waals surface area (Å²) in [5, 5.41) is 5.48. The van der Waals surface area contributed by atoms with Crippen molar-refractivity contribution in [3.63, 3.8) is 0 Å². The number of nitrogens with one attached hydrogen (secondary N) is 1. The van der Waals surface area contributed by atoms with Gasteiger partial charge in [0, 0.05) is 32.8 Å². The highest BCUT2D eigenvalue weighted by molar-refractivity contribution is 7.10. The monoisotopic (exact) mass is 494 g/mol. The van der Waals surface area contributed by atoms with E-state index in [1.807, 2.05) is 23.6 Å². The Bertz CT molecular complexity index is 1170. The smallest absolute Gasteiger partial charge is 0.248 e. The lowest BCUT2D eigenvalue weighted by Gasteiger charge is -2.33. The Morgan fingerprint density at radius 1 is 1.06 bits per heavy atom. The number of rotatable bonds is 8. The quantitative estimate of drug-likeness (QED) is 0.392. The van der Waals surface area contributed by atoms with Crippen LogP contribution in [0.1, 0.15) is 59.4 Å². The fourth-order valence-corrected chi connectivity index (χ4v) is 5.34. The van der Waals surface area contributed by atoms with Crippen molar-refractivity contribution in [1.29, 1.82) is 0 Å². The van der Waals surface area contributed by atoms with Crippen LogP contribution in [0.15, 0.2) is 66.0 Å². The number of benzene rings is 2. The van der Waals surface area contributed by atoms with Gasteiger partial charge in [-0.05, 0) is 49.4 Å². The molecule has 0 aliphatic heterocycles. The van der Waals surface area contributed by atoms with Gasteiger partial charge in [-0.25, -0.2) is 0 Å². The molecule has 0 saturated heterocycles. The van der Waals surface area contributed by atoms with Gasteiger partial charge in [-0.15, -0.1) is 11.3 Å². The Labute approximate surface area is 208 Å². The maximum Gasteiger partial charge on any atom is 0.248 e. The van der Waals surface area contributed by atoms with Crippen molar-refractivity contribution in [3.05, 3.63) is 87.1 Å². The molecule has 3 aromatic rings. The van der Waals surface area contributed by atoms with Gasteiger partial charge in [0.05, 0.1) is 6.42 Å². The molecule has 2 amide bonds. The van der Waals surface area contributed by atoms with Gasteiger partial charge in [-0.2, -0.15) is 0 Å².